The van der Waals surface area contributed by atoms with Gasteiger partial charge in [-0.15, -0.1) is 5.10 Å². The molecule has 2 aromatic heterocycles. The van der Waals surface area contributed by atoms with Gasteiger partial charge in [0.15, 0.2) is 5.76 Å². The van der Waals surface area contributed by atoms with E-state index < -0.39 is 11.7 Å². The van der Waals surface area contributed by atoms with E-state index >= 15 is 0 Å². The number of ether oxygens (including phenoxy) is 1. The van der Waals surface area contributed by atoms with Gasteiger partial charge in [-0.25, -0.2) is 9.07 Å². The number of carbonyl (C=O) groups is 1. The van der Waals surface area contributed by atoms with Crippen molar-refractivity contribution in [2.75, 3.05) is 5.32 Å². The van der Waals surface area contributed by atoms with Crippen molar-refractivity contribution < 1.29 is 18.3 Å². The minimum absolute atomic E-state index is 0.0200. The molecule has 30 heavy (non-hydrogen) atoms. The Morgan fingerprint density at radius 1 is 1.10 bits per heavy atom. The molecule has 0 aliphatic heterocycles. The molecule has 152 valence electrons. The predicted molar refractivity (Wildman–Crippen MR) is 109 cm³/mol. The number of amides is 1. The van der Waals surface area contributed by atoms with Crippen molar-refractivity contribution >= 4 is 11.6 Å². The average Bonchev–Trinajstić information content (AvgIpc) is 3.38. The van der Waals surface area contributed by atoms with Crippen LogP contribution in [0.25, 0.3) is 17.3 Å². The van der Waals surface area contributed by atoms with Crippen LogP contribution in [0.5, 0.6) is 6.01 Å². The van der Waals surface area contributed by atoms with Gasteiger partial charge >= 0.3 is 6.01 Å². The number of halogens is 1. The highest BCUT2D eigenvalue weighted by Gasteiger charge is 2.18. The molecule has 0 fully saturated rings. The molecule has 0 aliphatic carbocycles. The van der Waals surface area contributed by atoms with Crippen LogP contribution in [-0.4, -0.2) is 26.8 Å². The molecule has 7 nitrogen and oxygen atoms in total. The van der Waals surface area contributed by atoms with Gasteiger partial charge < -0.3 is 14.5 Å². The van der Waals surface area contributed by atoms with Crippen LogP contribution < -0.4 is 10.1 Å². The number of hydrogen-bond donors (Lipinski definition) is 1. The van der Waals surface area contributed by atoms with Crippen molar-refractivity contribution in [1.29, 1.82) is 0 Å². The van der Waals surface area contributed by atoms with E-state index in [0.29, 0.717) is 23.0 Å². The van der Waals surface area contributed by atoms with Crippen molar-refractivity contribution in [3.63, 3.8) is 0 Å². The number of benzene rings is 2. The van der Waals surface area contributed by atoms with Gasteiger partial charge in [-0.05, 0) is 62.4 Å². The van der Waals surface area contributed by atoms with E-state index in [-0.39, 0.29) is 17.7 Å². The summed E-state index contributed by atoms with van der Waals surface area (Å²) in [5.74, 6) is -0.0719. The Hall–Kier alpha value is -3.94. The highest BCUT2D eigenvalue weighted by Crippen LogP contribution is 2.25. The molecule has 2 heterocycles. The second-order valence-electron chi connectivity index (χ2n) is 6.75. The highest BCUT2D eigenvalue weighted by molar-refractivity contribution is 6.04. The first kappa shape index (κ1) is 19.4. The van der Waals surface area contributed by atoms with Crippen molar-refractivity contribution in [2.45, 2.75) is 20.0 Å². The first-order valence-corrected chi connectivity index (χ1v) is 9.35. The Balaban J connectivity index is 1.60. The summed E-state index contributed by atoms with van der Waals surface area (Å²) in [6, 6.07) is 16.5. The molecular formula is C22H19FN4O3. The molecule has 0 atom stereocenters. The van der Waals surface area contributed by atoms with Gasteiger partial charge in [0.05, 0.1) is 23.6 Å². The summed E-state index contributed by atoms with van der Waals surface area (Å²) >= 11 is 0. The molecule has 2 aromatic carbocycles. The molecule has 0 saturated heterocycles. The predicted octanol–water partition coefficient (Wildman–Crippen LogP) is 4.71. The summed E-state index contributed by atoms with van der Waals surface area (Å²) in [6.45, 7) is 3.78. The molecule has 0 spiro atoms. The van der Waals surface area contributed by atoms with Gasteiger partial charge in [0, 0.05) is 5.69 Å². The number of hydrogen-bond acceptors (Lipinski definition) is 5. The van der Waals surface area contributed by atoms with Crippen molar-refractivity contribution in [1.82, 2.24) is 14.8 Å². The Morgan fingerprint density at radius 2 is 1.87 bits per heavy atom. The number of anilines is 1. The maximum absolute atomic E-state index is 13.8. The smallest absolute Gasteiger partial charge is 0.336 e. The fourth-order valence-corrected chi connectivity index (χ4v) is 2.83. The monoisotopic (exact) mass is 406 g/mol. The van der Waals surface area contributed by atoms with Crippen LogP contribution in [0.15, 0.2) is 71.3 Å². The number of rotatable bonds is 6. The molecule has 4 aromatic rings. The number of aromatic nitrogens is 3. The van der Waals surface area contributed by atoms with E-state index in [2.05, 4.69) is 15.4 Å². The average molecular weight is 406 g/mol. The SMILES string of the molecule is CC(C)Oc1nc(-c2ccco2)n(-c2ccc(NC(=O)c3ccccc3F)cc2)n1. The van der Waals surface area contributed by atoms with Crippen LogP contribution in [-0.2, 0) is 0 Å². The largest absolute Gasteiger partial charge is 0.461 e. The fourth-order valence-electron chi connectivity index (χ4n) is 2.83. The Bertz CT molecular complexity index is 1150. The number of furan rings is 1. The van der Waals surface area contributed by atoms with Gasteiger partial charge in [0.25, 0.3) is 5.91 Å². The Kier molecular flexibility index (Phi) is 5.30. The van der Waals surface area contributed by atoms with Crippen LogP contribution in [0.3, 0.4) is 0 Å². The molecule has 4 rings (SSSR count). The summed E-state index contributed by atoms with van der Waals surface area (Å²) < 4.78 is 26.5. The summed E-state index contributed by atoms with van der Waals surface area (Å²) in [5.41, 5.74) is 1.19. The van der Waals surface area contributed by atoms with Crippen LogP contribution >= 0.6 is 0 Å². The van der Waals surface area contributed by atoms with E-state index in [4.69, 9.17) is 9.15 Å². The third-order valence-corrected chi connectivity index (χ3v) is 4.16. The minimum atomic E-state index is -0.574. The quantitative estimate of drug-likeness (QED) is 0.502. The summed E-state index contributed by atoms with van der Waals surface area (Å²) in [6.07, 6.45) is 1.47. The van der Waals surface area contributed by atoms with Gasteiger partial charge in [-0.3, -0.25) is 4.79 Å². The zero-order chi connectivity index (χ0) is 21.1. The Labute approximate surface area is 172 Å². The first-order valence-electron chi connectivity index (χ1n) is 9.35. The summed E-state index contributed by atoms with van der Waals surface area (Å²) in [5, 5.41) is 7.10. The van der Waals surface area contributed by atoms with Gasteiger partial charge in [-0.2, -0.15) is 4.98 Å². The molecule has 0 radical (unpaired) electrons. The number of nitrogens with zero attached hydrogens (tertiary/aromatic N) is 3. The second kappa shape index (κ2) is 8.20. The lowest BCUT2D eigenvalue weighted by molar-refractivity contribution is 0.102. The second-order valence-corrected chi connectivity index (χ2v) is 6.75. The number of nitrogens with one attached hydrogen (secondary N) is 1. The molecule has 0 unspecified atom stereocenters. The van der Waals surface area contributed by atoms with Crippen molar-refractivity contribution in [2.24, 2.45) is 0 Å². The standard InChI is InChI=1S/C22H19FN4O3/c1-14(2)30-22-25-20(19-8-5-13-29-19)27(26-22)16-11-9-15(10-12-16)24-21(28)17-6-3-4-7-18(17)23/h3-14H,1-2H3,(H,24,28). The highest BCUT2D eigenvalue weighted by atomic mass is 19.1. The van der Waals surface area contributed by atoms with Crippen molar-refractivity contribution in [3.05, 3.63) is 78.3 Å². The van der Waals surface area contributed by atoms with Gasteiger partial charge in [-0.1, -0.05) is 12.1 Å². The van der Waals surface area contributed by atoms with Crippen LogP contribution in [0.2, 0.25) is 0 Å². The maximum Gasteiger partial charge on any atom is 0.336 e. The van der Waals surface area contributed by atoms with Crippen LogP contribution in [0, 0.1) is 5.82 Å². The van der Waals surface area contributed by atoms with Gasteiger partial charge in [0.2, 0.25) is 5.82 Å². The lowest BCUT2D eigenvalue weighted by atomic mass is 10.2. The summed E-state index contributed by atoms with van der Waals surface area (Å²) in [7, 11) is 0. The lowest BCUT2D eigenvalue weighted by Crippen LogP contribution is -2.13. The molecule has 1 amide bonds. The van der Waals surface area contributed by atoms with E-state index in [1.165, 1.54) is 18.2 Å². The zero-order valence-corrected chi connectivity index (χ0v) is 16.4. The molecule has 0 bridgehead atoms. The normalized spacial score (nSPS) is 10.9. The third-order valence-electron chi connectivity index (χ3n) is 4.16. The number of carbonyl (C=O) groups excluding carboxylic acids is 1. The lowest BCUT2D eigenvalue weighted by Gasteiger charge is -2.08. The molecule has 0 aliphatic rings. The van der Waals surface area contributed by atoms with E-state index in [1.54, 1.807) is 53.4 Å². The first-order chi connectivity index (χ1) is 14.5. The Morgan fingerprint density at radius 3 is 2.53 bits per heavy atom. The van der Waals surface area contributed by atoms with E-state index in [0.717, 1.165) is 0 Å². The zero-order valence-electron chi connectivity index (χ0n) is 16.4. The van der Waals surface area contributed by atoms with Crippen LogP contribution in [0.1, 0.15) is 24.2 Å². The minimum Gasteiger partial charge on any atom is -0.461 e. The molecule has 8 heteroatoms. The van der Waals surface area contributed by atoms with Gasteiger partial charge in [0.1, 0.15) is 5.82 Å². The van der Waals surface area contributed by atoms with Crippen molar-refractivity contribution in [3.8, 4) is 23.3 Å². The molecule has 1 N–H and O–H groups in total. The third kappa shape index (κ3) is 4.07. The molecule has 0 saturated carbocycles. The topological polar surface area (TPSA) is 82.2 Å². The van der Waals surface area contributed by atoms with E-state index in [9.17, 15) is 9.18 Å². The summed E-state index contributed by atoms with van der Waals surface area (Å²) in [4.78, 5) is 16.7. The molecular weight excluding hydrogens is 387 g/mol. The fraction of sp³-hybridized carbons (Fsp3) is 0.136. The van der Waals surface area contributed by atoms with E-state index in [1.807, 2.05) is 13.8 Å². The van der Waals surface area contributed by atoms with Crippen LogP contribution in [0.4, 0.5) is 10.1 Å². The maximum atomic E-state index is 13.8.